The molecule has 0 amide bonds. The minimum Gasteiger partial charge on any atom is -0.497 e. The van der Waals surface area contributed by atoms with Crippen LogP contribution in [-0.4, -0.2) is 27.1 Å². The third-order valence-corrected chi connectivity index (χ3v) is 5.53. The summed E-state index contributed by atoms with van der Waals surface area (Å²) >= 11 is 0. The van der Waals surface area contributed by atoms with E-state index in [2.05, 4.69) is 10.3 Å². The van der Waals surface area contributed by atoms with Gasteiger partial charge in [-0.2, -0.15) is 4.98 Å². The number of nitrogens with zero attached hydrogens (tertiary/aromatic N) is 1. The van der Waals surface area contributed by atoms with Crippen LogP contribution in [0, 0.1) is 6.92 Å². The van der Waals surface area contributed by atoms with Gasteiger partial charge in [0.25, 0.3) is 0 Å². The van der Waals surface area contributed by atoms with Gasteiger partial charge < -0.3 is 14.5 Å². The van der Waals surface area contributed by atoms with Crippen LogP contribution in [0.5, 0.6) is 5.75 Å². The van der Waals surface area contributed by atoms with Gasteiger partial charge >= 0.3 is 0 Å². The van der Waals surface area contributed by atoms with Gasteiger partial charge in [-0.25, -0.2) is 8.42 Å². The van der Waals surface area contributed by atoms with Gasteiger partial charge in [0.05, 0.1) is 12.0 Å². The highest BCUT2D eigenvalue weighted by atomic mass is 32.2. The maximum Gasteiger partial charge on any atom is 0.233 e. The minimum absolute atomic E-state index is 0.117. The van der Waals surface area contributed by atoms with Crippen LogP contribution in [0.2, 0.25) is 0 Å². The number of methoxy groups -OCH3 is 1. The monoisotopic (exact) mass is 372 g/mol. The lowest BCUT2D eigenvalue weighted by Gasteiger charge is -2.04. The van der Waals surface area contributed by atoms with Crippen LogP contribution >= 0.6 is 0 Å². The van der Waals surface area contributed by atoms with Crippen LogP contribution in [0.25, 0.3) is 11.5 Å². The average molecular weight is 372 g/mol. The van der Waals surface area contributed by atoms with E-state index in [1.54, 1.807) is 55.6 Å². The molecule has 0 aliphatic heterocycles. The normalized spacial score (nSPS) is 11.3. The number of nitrogens with one attached hydrogen (secondary N) is 1. The quantitative estimate of drug-likeness (QED) is 0.706. The molecule has 0 saturated carbocycles. The molecule has 6 nitrogen and oxygen atoms in total. The molecule has 136 valence electrons. The van der Waals surface area contributed by atoms with E-state index in [1.807, 2.05) is 13.8 Å². The summed E-state index contributed by atoms with van der Waals surface area (Å²) in [5.74, 6) is 1.06. The first-order chi connectivity index (χ1) is 12.5. The Morgan fingerprint density at radius 1 is 1.08 bits per heavy atom. The van der Waals surface area contributed by atoms with Crippen LogP contribution in [0.15, 0.2) is 62.9 Å². The van der Waals surface area contributed by atoms with Crippen LogP contribution in [0.3, 0.4) is 0 Å². The van der Waals surface area contributed by atoms with Gasteiger partial charge in [-0.05, 0) is 50.2 Å². The van der Waals surface area contributed by atoms with Gasteiger partial charge in [0, 0.05) is 12.1 Å². The van der Waals surface area contributed by atoms with E-state index in [0.717, 1.165) is 5.56 Å². The lowest BCUT2D eigenvalue weighted by molar-refractivity contribution is 0.415. The highest BCUT2D eigenvalue weighted by Crippen LogP contribution is 2.32. The van der Waals surface area contributed by atoms with E-state index >= 15 is 0 Å². The molecule has 1 heterocycles. The van der Waals surface area contributed by atoms with Crippen molar-refractivity contribution in [2.75, 3.05) is 19.0 Å². The Balaban J connectivity index is 2.08. The molecule has 1 aromatic heterocycles. The molecule has 0 aliphatic rings. The third-order valence-electron chi connectivity index (χ3n) is 3.86. The zero-order valence-corrected chi connectivity index (χ0v) is 15.6. The second-order valence-corrected chi connectivity index (χ2v) is 7.59. The Morgan fingerprint density at radius 3 is 2.31 bits per heavy atom. The van der Waals surface area contributed by atoms with Crippen molar-refractivity contribution in [3.05, 3.63) is 54.1 Å². The lowest BCUT2D eigenvalue weighted by Crippen LogP contribution is -2.07. The second kappa shape index (κ2) is 7.21. The number of oxazole rings is 1. The van der Waals surface area contributed by atoms with Gasteiger partial charge in [0.1, 0.15) is 5.75 Å². The summed E-state index contributed by atoms with van der Waals surface area (Å²) in [6.45, 7) is 4.27. The number of benzene rings is 2. The largest absolute Gasteiger partial charge is 0.497 e. The smallest absolute Gasteiger partial charge is 0.233 e. The molecule has 0 saturated heterocycles. The number of rotatable bonds is 6. The molecular weight excluding hydrogens is 352 g/mol. The summed E-state index contributed by atoms with van der Waals surface area (Å²) in [6.07, 6.45) is 0. The number of hydrogen-bond donors (Lipinski definition) is 1. The maximum absolute atomic E-state index is 13.0. The maximum atomic E-state index is 13.0. The Morgan fingerprint density at radius 2 is 1.73 bits per heavy atom. The first-order valence-corrected chi connectivity index (χ1v) is 9.65. The summed E-state index contributed by atoms with van der Waals surface area (Å²) in [7, 11) is -2.22. The van der Waals surface area contributed by atoms with E-state index < -0.39 is 9.84 Å². The molecular formula is C19H20N2O4S. The number of anilines is 1. The van der Waals surface area contributed by atoms with Crippen molar-refractivity contribution < 1.29 is 17.6 Å². The number of hydrogen-bond acceptors (Lipinski definition) is 6. The minimum atomic E-state index is -3.80. The van der Waals surface area contributed by atoms with Gasteiger partial charge in [0.15, 0.2) is 0 Å². The van der Waals surface area contributed by atoms with E-state index in [9.17, 15) is 8.42 Å². The fraction of sp³-hybridized carbons (Fsp3) is 0.211. The Kier molecular flexibility index (Phi) is 4.99. The molecule has 3 aromatic rings. The molecule has 0 radical (unpaired) electrons. The SMILES string of the molecule is CCNc1oc(-c2ccc(OC)cc2)nc1S(=O)(=O)c1ccc(C)cc1. The van der Waals surface area contributed by atoms with Crippen molar-refractivity contribution in [1.82, 2.24) is 4.98 Å². The molecule has 0 fully saturated rings. The van der Waals surface area contributed by atoms with Crippen LogP contribution in [0.4, 0.5) is 5.88 Å². The van der Waals surface area contributed by atoms with Gasteiger partial charge in [-0.1, -0.05) is 17.7 Å². The fourth-order valence-electron chi connectivity index (χ4n) is 2.45. The van der Waals surface area contributed by atoms with Gasteiger partial charge in [0.2, 0.25) is 26.6 Å². The molecule has 1 N–H and O–H groups in total. The molecule has 2 aromatic carbocycles. The highest BCUT2D eigenvalue weighted by molar-refractivity contribution is 7.91. The number of aryl methyl sites for hydroxylation is 1. The predicted octanol–water partition coefficient (Wildman–Crippen LogP) is 3.92. The van der Waals surface area contributed by atoms with Crippen molar-refractivity contribution >= 4 is 15.7 Å². The molecule has 0 atom stereocenters. The molecule has 7 heteroatoms. The van der Waals surface area contributed by atoms with Crippen LogP contribution in [0.1, 0.15) is 12.5 Å². The second-order valence-electron chi connectivity index (χ2n) is 5.73. The molecule has 26 heavy (non-hydrogen) atoms. The van der Waals surface area contributed by atoms with Crippen LogP contribution in [-0.2, 0) is 9.84 Å². The topological polar surface area (TPSA) is 81.4 Å². The lowest BCUT2D eigenvalue weighted by atomic mass is 10.2. The Bertz CT molecular complexity index is 991. The fourth-order valence-corrected chi connectivity index (χ4v) is 3.73. The zero-order valence-electron chi connectivity index (χ0n) is 14.8. The molecule has 0 unspecified atom stereocenters. The number of sulfone groups is 1. The third kappa shape index (κ3) is 3.43. The highest BCUT2D eigenvalue weighted by Gasteiger charge is 2.28. The first kappa shape index (κ1) is 18.0. The molecule has 0 spiro atoms. The van der Waals surface area contributed by atoms with Crippen molar-refractivity contribution in [3.8, 4) is 17.2 Å². The van der Waals surface area contributed by atoms with E-state index in [0.29, 0.717) is 17.9 Å². The number of aromatic nitrogens is 1. The molecule has 3 rings (SSSR count). The number of ether oxygens (including phenoxy) is 1. The van der Waals surface area contributed by atoms with Crippen molar-refractivity contribution in [2.45, 2.75) is 23.8 Å². The van der Waals surface area contributed by atoms with Crippen molar-refractivity contribution in [2.24, 2.45) is 0 Å². The summed E-state index contributed by atoms with van der Waals surface area (Å²) in [6, 6.07) is 13.7. The zero-order chi connectivity index (χ0) is 18.7. The average Bonchev–Trinajstić information content (AvgIpc) is 3.07. The summed E-state index contributed by atoms with van der Waals surface area (Å²) in [5.41, 5.74) is 1.64. The molecule has 0 bridgehead atoms. The van der Waals surface area contributed by atoms with Crippen LogP contribution < -0.4 is 10.1 Å². The predicted molar refractivity (Wildman–Crippen MR) is 99.3 cm³/mol. The van der Waals surface area contributed by atoms with Gasteiger partial charge in [-0.15, -0.1) is 0 Å². The summed E-state index contributed by atoms with van der Waals surface area (Å²) in [5, 5.41) is 2.83. The van der Waals surface area contributed by atoms with E-state index in [1.165, 1.54) is 0 Å². The molecule has 0 aliphatic carbocycles. The Labute approximate surface area is 152 Å². The summed E-state index contributed by atoms with van der Waals surface area (Å²) < 4.78 is 36.8. The summed E-state index contributed by atoms with van der Waals surface area (Å²) in [4.78, 5) is 4.44. The van der Waals surface area contributed by atoms with Crippen molar-refractivity contribution in [3.63, 3.8) is 0 Å². The standard InChI is InChI=1S/C19H20N2O4S/c1-4-20-18-19(26(22,23)16-11-5-13(2)6-12-16)21-17(25-18)14-7-9-15(24-3)10-8-14/h5-12,20H,4H2,1-3H3. The Hall–Kier alpha value is -2.80. The van der Waals surface area contributed by atoms with E-state index in [4.69, 9.17) is 9.15 Å². The van der Waals surface area contributed by atoms with E-state index in [-0.39, 0.29) is 21.7 Å². The van der Waals surface area contributed by atoms with Crippen molar-refractivity contribution in [1.29, 1.82) is 0 Å². The van der Waals surface area contributed by atoms with Gasteiger partial charge in [-0.3, -0.25) is 0 Å². The first-order valence-electron chi connectivity index (χ1n) is 8.16.